The molecule has 0 aromatic heterocycles. The van der Waals surface area contributed by atoms with E-state index < -0.39 is 5.97 Å². The molecule has 1 rings (SSSR count). The Kier molecular flexibility index (Phi) is 5.73. The molecule has 1 aromatic carbocycles. The monoisotopic (exact) mass is 254 g/mol. The van der Waals surface area contributed by atoms with Crippen LogP contribution in [0.15, 0.2) is 36.4 Å². The minimum atomic E-state index is -0.403. The highest BCUT2D eigenvalue weighted by atomic mass is 35.5. The van der Waals surface area contributed by atoms with Gasteiger partial charge < -0.3 is 9.84 Å². The van der Waals surface area contributed by atoms with Crippen molar-refractivity contribution in [1.82, 2.24) is 0 Å². The van der Waals surface area contributed by atoms with E-state index in [2.05, 4.69) is 0 Å². The average Bonchev–Trinajstić information content (AvgIpc) is 2.32. The summed E-state index contributed by atoms with van der Waals surface area (Å²) in [4.78, 5) is 11.1. The Labute approximate surface area is 106 Å². The smallest absolute Gasteiger partial charge is 0.330 e. The van der Waals surface area contributed by atoms with Gasteiger partial charge in [0.05, 0.1) is 13.2 Å². The van der Waals surface area contributed by atoms with Gasteiger partial charge in [-0.1, -0.05) is 29.8 Å². The van der Waals surface area contributed by atoms with Gasteiger partial charge >= 0.3 is 5.97 Å². The topological polar surface area (TPSA) is 46.5 Å². The highest BCUT2D eigenvalue weighted by Crippen LogP contribution is 2.19. The van der Waals surface area contributed by atoms with Crippen molar-refractivity contribution < 1.29 is 14.6 Å². The first-order valence-corrected chi connectivity index (χ1v) is 5.76. The fraction of sp³-hybridized carbons (Fsp3) is 0.308. The fourth-order valence-electron chi connectivity index (χ4n) is 1.37. The second kappa shape index (κ2) is 7.09. The van der Waals surface area contributed by atoms with Crippen LogP contribution in [0.5, 0.6) is 0 Å². The maximum Gasteiger partial charge on any atom is 0.330 e. The van der Waals surface area contributed by atoms with Gasteiger partial charge in [-0.3, -0.25) is 0 Å². The minimum Gasteiger partial charge on any atom is -0.463 e. The predicted molar refractivity (Wildman–Crippen MR) is 67.1 cm³/mol. The Morgan fingerprint density at radius 2 is 2.12 bits per heavy atom. The van der Waals surface area contributed by atoms with Crippen LogP contribution < -0.4 is 0 Å². The van der Waals surface area contributed by atoms with Gasteiger partial charge in [0, 0.05) is 17.0 Å². The molecule has 0 spiro atoms. The molecule has 0 bridgehead atoms. The first-order chi connectivity index (χ1) is 8.17. The molecule has 0 aliphatic heterocycles. The van der Waals surface area contributed by atoms with Crippen molar-refractivity contribution in [1.29, 1.82) is 0 Å². The lowest BCUT2D eigenvalue weighted by atomic mass is 10.00. The van der Waals surface area contributed by atoms with Crippen LogP contribution in [-0.2, 0) is 9.53 Å². The van der Waals surface area contributed by atoms with Crippen LogP contribution in [0.25, 0.3) is 0 Å². The molecule has 1 atom stereocenters. The Hall–Kier alpha value is -1.32. The Balaban J connectivity index is 2.71. The molecule has 0 aliphatic carbocycles. The van der Waals surface area contributed by atoms with E-state index in [0.717, 1.165) is 5.56 Å². The summed E-state index contributed by atoms with van der Waals surface area (Å²) in [6, 6.07) is 7.13. The van der Waals surface area contributed by atoms with Gasteiger partial charge in [0.1, 0.15) is 0 Å². The quantitative estimate of drug-likeness (QED) is 0.649. The maximum absolute atomic E-state index is 11.1. The van der Waals surface area contributed by atoms with Crippen LogP contribution in [0.4, 0.5) is 0 Å². The van der Waals surface area contributed by atoms with Crippen LogP contribution in [-0.4, -0.2) is 24.3 Å². The molecule has 0 aliphatic rings. The van der Waals surface area contributed by atoms with Crippen molar-refractivity contribution in [2.24, 2.45) is 0 Å². The summed E-state index contributed by atoms with van der Waals surface area (Å²) < 4.78 is 4.76. The maximum atomic E-state index is 11.1. The van der Waals surface area contributed by atoms with Crippen LogP contribution in [0.2, 0.25) is 5.02 Å². The van der Waals surface area contributed by atoms with Crippen LogP contribution in [0, 0.1) is 0 Å². The molecule has 0 amide bonds. The first kappa shape index (κ1) is 13.7. The lowest BCUT2D eigenvalue weighted by Gasteiger charge is -2.09. The van der Waals surface area contributed by atoms with Gasteiger partial charge in [-0.15, -0.1) is 0 Å². The standard InChI is InChI=1S/C13H15ClO3/c1-2-17-13(16)8-5-11(9-15)10-3-6-12(14)7-4-10/h3-8,11,15H,2,9H2,1H3/b8-5-. The zero-order chi connectivity index (χ0) is 12.7. The normalized spacial score (nSPS) is 12.6. The summed E-state index contributed by atoms with van der Waals surface area (Å²) in [6.07, 6.45) is 2.96. The summed E-state index contributed by atoms with van der Waals surface area (Å²) in [5.41, 5.74) is 0.900. The predicted octanol–water partition coefficient (Wildman–Crippen LogP) is 2.54. The van der Waals surface area contributed by atoms with Crippen molar-refractivity contribution in [3.8, 4) is 0 Å². The van der Waals surface area contributed by atoms with Gasteiger partial charge in [0.2, 0.25) is 0 Å². The number of carbonyl (C=O) groups excluding carboxylic acids is 1. The molecule has 3 nitrogen and oxygen atoms in total. The van der Waals surface area contributed by atoms with Crippen molar-refractivity contribution in [2.45, 2.75) is 12.8 Å². The van der Waals surface area contributed by atoms with E-state index in [1.807, 2.05) is 12.1 Å². The zero-order valence-corrected chi connectivity index (χ0v) is 10.4. The van der Waals surface area contributed by atoms with E-state index in [0.29, 0.717) is 11.6 Å². The summed E-state index contributed by atoms with van der Waals surface area (Å²) in [6.45, 7) is 2.01. The second-order valence-corrected chi connectivity index (χ2v) is 3.89. The second-order valence-electron chi connectivity index (χ2n) is 3.45. The molecular weight excluding hydrogens is 240 g/mol. The average molecular weight is 255 g/mol. The fourth-order valence-corrected chi connectivity index (χ4v) is 1.50. The Morgan fingerprint density at radius 1 is 1.47 bits per heavy atom. The Morgan fingerprint density at radius 3 is 2.65 bits per heavy atom. The van der Waals surface area contributed by atoms with Gasteiger partial charge in [-0.25, -0.2) is 4.79 Å². The third kappa shape index (κ3) is 4.59. The SMILES string of the molecule is CCOC(=O)/C=C\C(CO)c1ccc(Cl)cc1. The number of carbonyl (C=O) groups is 1. The molecule has 1 aromatic rings. The molecular formula is C13H15ClO3. The molecule has 0 heterocycles. The van der Waals surface area contributed by atoms with E-state index in [4.69, 9.17) is 16.3 Å². The van der Waals surface area contributed by atoms with Crippen molar-refractivity contribution in [3.63, 3.8) is 0 Å². The van der Waals surface area contributed by atoms with E-state index in [9.17, 15) is 9.90 Å². The van der Waals surface area contributed by atoms with Gasteiger partial charge in [-0.2, -0.15) is 0 Å². The van der Waals surface area contributed by atoms with Crippen molar-refractivity contribution in [3.05, 3.63) is 47.0 Å². The van der Waals surface area contributed by atoms with E-state index in [-0.39, 0.29) is 12.5 Å². The van der Waals surface area contributed by atoms with Crippen LogP contribution in [0.1, 0.15) is 18.4 Å². The number of rotatable bonds is 5. The lowest BCUT2D eigenvalue weighted by Crippen LogP contribution is -2.04. The minimum absolute atomic E-state index is 0.0719. The molecule has 92 valence electrons. The largest absolute Gasteiger partial charge is 0.463 e. The molecule has 17 heavy (non-hydrogen) atoms. The molecule has 0 saturated carbocycles. The number of hydrogen-bond acceptors (Lipinski definition) is 3. The van der Waals surface area contributed by atoms with Crippen molar-refractivity contribution >= 4 is 17.6 Å². The summed E-state index contributed by atoms with van der Waals surface area (Å²) >= 11 is 5.77. The van der Waals surface area contributed by atoms with Gasteiger partial charge in [-0.05, 0) is 24.6 Å². The molecule has 0 radical (unpaired) electrons. The number of aliphatic hydroxyl groups is 1. The van der Waals surface area contributed by atoms with E-state index in [1.165, 1.54) is 6.08 Å². The summed E-state index contributed by atoms with van der Waals surface area (Å²) in [5, 5.41) is 9.89. The number of esters is 1. The number of halogens is 1. The molecule has 4 heteroatoms. The molecule has 1 unspecified atom stereocenters. The lowest BCUT2D eigenvalue weighted by molar-refractivity contribution is -0.137. The number of benzene rings is 1. The van der Waals surface area contributed by atoms with E-state index >= 15 is 0 Å². The van der Waals surface area contributed by atoms with Crippen LogP contribution >= 0.6 is 11.6 Å². The van der Waals surface area contributed by atoms with Gasteiger partial charge in [0.25, 0.3) is 0 Å². The molecule has 0 saturated heterocycles. The number of ether oxygens (including phenoxy) is 1. The zero-order valence-electron chi connectivity index (χ0n) is 9.60. The molecule has 0 fully saturated rings. The Bertz CT molecular complexity index is 384. The van der Waals surface area contributed by atoms with E-state index in [1.54, 1.807) is 25.1 Å². The van der Waals surface area contributed by atoms with Crippen molar-refractivity contribution in [2.75, 3.05) is 13.2 Å². The molecule has 1 N–H and O–H groups in total. The third-order valence-corrected chi connectivity index (χ3v) is 2.50. The summed E-state index contributed by atoms with van der Waals surface area (Å²) in [5.74, 6) is -0.628. The number of hydrogen-bond donors (Lipinski definition) is 1. The number of aliphatic hydroxyl groups excluding tert-OH is 1. The highest BCUT2D eigenvalue weighted by Gasteiger charge is 2.07. The highest BCUT2D eigenvalue weighted by molar-refractivity contribution is 6.30. The first-order valence-electron chi connectivity index (χ1n) is 5.38. The third-order valence-electron chi connectivity index (χ3n) is 2.25. The van der Waals surface area contributed by atoms with Gasteiger partial charge in [0.15, 0.2) is 0 Å². The summed E-state index contributed by atoms with van der Waals surface area (Å²) in [7, 11) is 0. The van der Waals surface area contributed by atoms with Crippen LogP contribution in [0.3, 0.4) is 0 Å².